The van der Waals surface area contributed by atoms with Gasteiger partial charge in [0.15, 0.2) is 0 Å². The number of anilines is 2. The number of carbonyl (C=O) groups excluding carboxylic acids is 1. The second kappa shape index (κ2) is 11.8. The summed E-state index contributed by atoms with van der Waals surface area (Å²) in [6.45, 7) is 6.20. The zero-order valence-electron chi connectivity index (χ0n) is 23.8. The lowest BCUT2D eigenvalue weighted by atomic mass is 9.94. The van der Waals surface area contributed by atoms with Crippen LogP contribution in [-0.2, 0) is 23.6 Å². The van der Waals surface area contributed by atoms with Crippen molar-refractivity contribution < 1.29 is 35.9 Å². The fourth-order valence-electron chi connectivity index (χ4n) is 6.47. The van der Waals surface area contributed by atoms with Crippen LogP contribution >= 0.6 is 0 Å². The highest BCUT2D eigenvalue weighted by atomic mass is 19.4. The van der Waals surface area contributed by atoms with Gasteiger partial charge in [-0.1, -0.05) is 19.3 Å². The van der Waals surface area contributed by atoms with Crippen LogP contribution in [-0.4, -0.2) is 47.7 Å². The van der Waals surface area contributed by atoms with E-state index < -0.39 is 41.7 Å². The molecule has 3 fully saturated rings. The van der Waals surface area contributed by atoms with Gasteiger partial charge in [0.1, 0.15) is 11.9 Å². The molecule has 42 heavy (non-hydrogen) atoms. The second-order valence-corrected chi connectivity index (χ2v) is 11.5. The number of halogens is 6. The Balaban J connectivity index is 1.48. The van der Waals surface area contributed by atoms with Crippen molar-refractivity contribution in [3.63, 3.8) is 0 Å². The predicted molar refractivity (Wildman–Crippen MR) is 146 cm³/mol. The number of hydrogen-bond acceptors (Lipinski definition) is 5. The second-order valence-electron chi connectivity index (χ2n) is 11.5. The Kier molecular flexibility index (Phi) is 8.53. The molecule has 2 saturated heterocycles. The van der Waals surface area contributed by atoms with Crippen molar-refractivity contribution in [2.24, 2.45) is 0 Å². The van der Waals surface area contributed by atoms with Gasteiger partial charge in [0, 0.05) is 31.2 Å². The zero-order chi connectivity index (χ0) is 30.2. The van der Waals surface area contributed by atoms with Gasteiger partial charge in [-0.05, 0) is 69.4 Å². The highest BCUT2D eigenvalue weighted by molar-refractivity contribution is 5.72. The first-order valence-corrected chi connectivity index (χ1v) is 14.6. The summed E-state index contributed by atoms with van der Waals surface area (Å²) in [5, 5.41) is 0. The number of ether oxygens (including phenoxy) is 1. The average Bonchev–Trinajstić information content (AvgIpc) is 3.58. The summed E-state index contributed by atoms with van der Waals surface area (Å²) in [5.74, 6) is 0.745. The lowest BCUT2D eigenvalue weighted by Gasteiger charge is -2.36. The van der Waals surface area contributed by atoms with Crippen LogP contribution in [0.3, 0.4) is 0 Å². The van der Waals surface area contributed by atoms with Crippen LogP contribution < -0.4 is 9.80 Å². The number of carbonyl (C=O) groups is 1. The van der Waals surface area contributed by atoms with E-state index in [1.807, 2.05) is 12.3 Å². The molecule has 0 spiro atoms. The van der Waals surface area contributed by atoms with Gasteiger partial charge in [-0.3, -0.25) is 4.90 Å². The number of cyclic esters (lactones) is 1. The number of rotatable bonds is 7. The Morgan fingerprint density at radius 3 is 2.12 bits per heavy atom. The molecule has 12 heteroatoms. The molecule has 2 atom stereocenters. The third-order valence-electron chi connectivity index (χ3n) is 8.70. The maximum Gasteiger partial charge on any atom is 0.416 e. The minimum atomic E-state index is -5.00. The predicted octanol–water partition coefficient (Wildman–Crippen LogP) is 7.96. The zero-order valence-corrected chi connectivity index (χ0v) is 23.8. The molecule has 6 nitrogen and oxygen atoms in total. The van der Waals surface area contributed by atoms with Crippen LogP contribution in [0.1, 0.15) is 87.2 Å². The molecule has 2 aliphatic heterocycles. The molecule has 1 aromatic carbocycles. The lowest BCUT2D eigenvalue weighted by Crippen LogP contribution is -2.39. The maximum absolute atomic E-state index is 13.5. The smallest absolute Gasteiger partial charge is 0.416 e. The lowest BCUT2D eigenvalue weighted by molar-refractivity contribution is -0.143. The van der Waals surface area contributed by atoms with Gasteiger partial charge in [-0.2, -0.15) is 26.3 Å². The van der Waals surface area contributed by atoms with E-state index in [9.17, 15) is 31.1 Å². The third-order valence-corrected chi connectivity index (χ3v) is 8.70. The van der Waals surface area contributed by atoms with Crippen molar-refractivity contribution in [1.29, 1.82) is 0 Å². The topological polar surface area (TPSA) is 48.9 Å². The van der Waals surface area contributed by atoms with E-state index in [0.717, 1.165) is 68.7 Å². The van der Waals surface area contributed by atoms with E-state index in [1.54, 1.807) is 6.92 Å². The van der Waals surface area contributed by atoms with Gasteiger partial charge in [0.2, 0.25) is 0 Å². The van der Waals surface area contributed by atoms with Crippen molar-refractivity contribution in [3.8, 4) is 0 Å². The van der Waals surface area contributed by atoms with Gasteiger partial charge >= 0.3 is 18.4 Å². The Bertz CT molecular complexity index is 1240. The highest BCUT2D eigenvalue weighted by Crippen LogP contribution is 2.42. The number of nitrogens with zero attached hydrogens (tertiary/aromatic N) is 4. The van der Waals surface area contributed by atoms with Gasteiger partial charge in [0.05, 0.1) is 35.6 Å². The number of benzene rings is 1. The van der Waals surface area contributed by atoms with E-state index in [0.29, 0.717) is 24.7 Å². The minimum Gasteiger partial charge on any atom is -0.439 e. The number of hydrogen-bond donors (Lipinski definition) is 0. The maximum atomic E-state index is 13.5. The molecule has 230 valence electrons. The number of alkyl halides is 6. The Labute approximate surface area is 241 Å². The molecule has 5 rings (SSSR count). The van der Waals surface area contributed by atoms with E-state index in [4.69, 9.17) is 9.72 Å². The molecular weight excluding hydrogens is 562 g/mol. The van der Waals surface area contributed by atoms with Gasteiger partial charge in [0.25, 0.3) is 0 Å². The normalized spacial score (nSPS) is 22.1. The van der Waals surface area contributed by atoms with Crippen LogP contribution in [0.4, 0.5) is 42.6 Å². The highest BCUT2D eigenvalue weighted by Gasteiger charge is 2.43. The van der Waals surface area contributed by atoms with E-state index in [-0.39, 0.29) is 18.2 Å². The molecule has 0 bridgehead atoms. The summed E-state index contributed by atoms with van der Waals surface area (Å²) >= 11 is 0. The first-order chi connectivity index (χ1) is 19.9. The SMILES string of the molecule is CCN(c1ncc(N2CCCC2)cc1CN1C(=O)O[C@H](c2cc(C(F)(F)F)cc(C(F)(F)F)c2)[C@@H]1C)C1CCCCC1. The molecule has 1 amide bonds. The van der Waals surface area contributed by atoms with Crippen molar-refractivity contribution >= 4 is 17.6 Å². The van der Waals surface area contributed by atoms with Gasteiger partial charge in [-0.15, -0.1) is 0 Å². The summed E-state index contributed by atoms with van der Waals surface area (Å²) < 4.78 is 86.7. The number of amides is 1. The Hall–Kier alpha value is -3.18. The molecule has 1 aromatic heterocycles. The van der Waals surface area contributed by atoms with Crippen LogP contribution in [0.2, 0.25) is 0 Å². The monoisotopic (exact) mass is 598 g/mol. The summed E-state index contributed by atoms with van der Waals surface area (Å²) in [7, 11) is 0. The molecule has 3 heterocycles. The van der Waals surface area contributed by atoms with Crippen LogP contribution in [0.15, 0.2) is 30.5 Å². The van der Waals surface area contributed by atoms with E-state index in [2.05, 4.69) is 16.7 Å². The molecular formula is C30H36F6N4O2. The van der Waals surface area contributed by atoms with E-state index >= 15 is 0 Å². The standard InChI is InChI=1S/C30H36F6N4O2/c1-3-39(24-9-5-4-6-10-24)27-21(15-25(17-37-27)38-11-7-8-12-38)18-40-19(2)26(42-28(40)41)20-13-22(29(31,32)33)16-23(14-20)30(34,35)36/h13-17,19,24,26H,3-12,18H2,1-2H3/t19-,26-/m0/s1. The molecule has 1 saturated carbocycles. The average molecular weight is 599 g/mol. The summed E-state index contributed by atoms with van der Waals surface area (Å²) in [6, 6.07) is 2.84. The molecule has 1 aliphatic carbocycles. The fourth-order valence-corrected chi connectivity index (χ4v) is 6.47. The Morgan fingerprint density at radius 2 is 1.55 bits per heavy atom. The molecule has 0 unspecified atom stereocenters. The number of aromatic nitrogens is 1. The molecule has 0 radical (unpaired) electrons. The Morgan fingerprint density at radius 1 is 0.929 bits per heavy atom. The van der Waals surface area contributed by atoms with Crippen molar-refractivity contribution in [2.75, 3.05) is 29.4 Å². The number of pyridine rings is 1. The third kappa shape index (κ3) is 6.27. The molecule has 3 aliphatic rings. The van der Waals surface area contributed by atoms with E-state index in [1.165, 1.54) is 11.3 Å². The van der Waals surface area contributed by atoms with Crippen LogP contribution in [0, 0.1) is 0 Å². The fraction of sp³-hybridized carbons (Fsp3) is 0.600. The van der Waals surface area contributed by atoms with Crippen LogP contribution in [0.5, 0.6) is 0 Å². The van der Waals surface area contributed by atoms with Gasteiger partial charge < -0.3 is 14.5 Å². The minimum absolute atomic E-state index is 0.0643. The summed E-state index contributed by atoms with van der Waals surface area (Å²) in [6.07, 6.45) is -2.63. The molecule has 2 aromatic rings. The largest absolute Gasteiger partial charge is 0.439 e. The first kappa shape index (κ1) is 30.3. The quantitative estimate of drug-likeness (QED) is 0.303. The first-order valence-electron chi connectivity index (χ1n) is 14.6. The molecule has 0 N–H and O–H groups in total. The van der Waals surface area contributed by atoms with Crippen molar-refractivity contribution in [1.82, 2.24) is 9.88 Å². The van der Waals surface area contributed by atoms with Gasteiger partial charge in [-0.25, -0.2) is 9.78 Å². The van der Waals surface area contributed by atoms with Crippen molar-refractivity contribution in [3.05, 3.63) is 52.7 Å². The van der Waals surface area contributed by atoms with Crippen LogP contribution in [0.25, 0.3) is 0 Å². The summed E-state index contributed by atoms with van der Waals surface area (Å²) in [5.41, 5.74) is -1.52. The summed E-state index contributed by atoms with van der Waals surface area (Å²) in [4.78, 5) is 23.9. The van der Waals surface area contributed by atoms with Crippen molar-refractivity contribution in [2.45, 2.75) is 95.9 Å².